The number of benzene rings is 1. The van der Waals surface area contributed by atoms with Crippen molar-refractivity contribution >= 4 is 11.6 Å². The van der Waals surface area contributed by atoms with Crippen LogP contribution in [0.5, 0.6) is 5.75 Å². The molecule has 0 radical (unpaired) electrons. The van der Waals surface area contributed by atoms with Crippen molar-refractivity contribution < 1.29 is 9.13 Å². The van der Waals surface area contributed by atoms with Crippen molar-refractivity contribution in [3.05, 3.63) is 29.0 Å². The summed E-state index contributed by atoms with van der Waals surface area (Å²) in [5.41, 5.74) is 0. The minimum absolute atomic E-state index is 0.0226. The van der Waals surface area contributed by atoms with Crippen LogP contribution in [0.15, 0.2) is 18.2 Å². The van der Waals surface area contributed by atoms with Gasteiger partial charge in [-0.15, -0.1) is 0 Å². The van der Waals surface area contributed by atoms with Crippen molar-refractivity contribution in [3.63, 3.8) is 0 Å². The van der Waals surface area contributed by atoms with Gasteiger partial charge >= 0.3 is 0 Å². The van der Waals surface area contributed by atoms with E-state index in [-0.39, 0.29) is 23.8 Å². The highest BCUT2D eigenvalue weighted by atomic mass is 35.5. The van der Waals surface area contributed by atoms with Gasteiger partial charge in [0.25, 0.3) is 0 Å². The first-order valence-electron chi connectivity index (χ1n) is 3.69. The summed E-state index contributed by atoms with van der Waals surface area (Å²) in [4.78, 5) is 0. The van der Waals surface area contributed by atoms with Gasteiger partial charge in [-0.3, -0.25) is 0 Å². The van der Waals surface area contributed by atoms with Gasteiger partial charge in [0.15, 0.2) is 11.6 Å². The van der Waals surface area contributed by atoms with Crippen LogP contribution in [-0.4, -0.2) is 6.61 Å². The highest BCUT2D eigenvalue weighted by Crippen LogP contribution is 2.23. The molecule has 0 heterocycles. The van der Waals surface area contributed by atoms with Crippen LogP contribution in [0.2, 0.25) is 5.02 Å². The molecule has 0 spiro atoms. The van der Waals surface area contributed by atoms with Crippen LogP contribution in [0.3, 0.4) is 0 Å². The Kier molecular flexibility index (Phi) is 3.53. The van der Waals surface area contributed by atoms with Gasteiger partial charge in [-0.25, -0.2) is 4.39 Å². The summed E-state index contributed by atoms with van der Waals surface area (Å²) in [5, 5.41) is 8.24. The Morgan fingerprint density at radius 3 is 3.00 bits per heavy atom. The monoisotopic (exact) mass is 199 g/mol. The molecule has 0 aromatic heterocycles. The van der Waals surface area contributed by atoms with Crippen molar-refractivity contribution in [1.82, 2.24) is 0 Å². The molecule has 0 atom stereocenters. The zero-order valence-electron chi connectivity index (χ0n) is 6.76. The third-order valence-electron chi connectivity index (χ3n) is 1.39. The molecule has 0 fully saturated rings. The number of ether oxygens (including phenoxy) is 1. The Morgan fingerprint density at radius 1 is 1.54 bits per heavy atom. The number of hydrogen-bond donors (Lipinski definition) is 0. The zero-order chi connectivity index (χ0) is 9.68. The van der Waals surface area contributed by atoms with Crippen LogP contribution in [0.1, 0.15) is 6.42 Å². The first kappa shape index (κ1) is 9.82. The smallest absolute Gasteiger partial charge is 0.183 e. The minimum Gasteiger partial charge on any atom is -0.489 e. The van der Waals surface area contributed by atoms with E-state index < -0.39 is 5.82 Å². The van der Waals surface area contributed by atoms with Crippen molar-refractivity contribution in [2.75, 3.05) is 6.61 Å². The molecule has 1 aromatic carbocycles. The van der Waals surface area contributed by atoms with E-state index >= 15 is 0 Å². The lowest BCUT2D eigenvalue weighted by atomic mass is 10.3. The molecule has 0 aliphatic carbocycles. The zero-order valence-corrected chi connectivity index (χ0v) is 7.51. The topological polar surface area (TPSA) is 33.0 Å². The first-order chi connectivity index (χ1) is 6.25. The molecule has 0 unspecified atom stereocenters. The molecule has 2 nitrogen and oxygen atoms in total. The third-order valence-corrected chi connectivity index (χ3v) is 1.68. The van der Waals surface area contributed by atoms with E-state index in [9.17, 15) is 4.39 Å². The number of hydrogen-bond acceptors (Lipinski definition) is 2. The maximum absolute atomic E-state index is 13.1. The number of halogens is 2. The third kappa shape index (κ3) is 2.60. The molecule has 0 aliphatic rings. The number of nitriles is 1. The van der Waals surface area contributed by atoms with E-state index in [1.807, 2.05) is 6.07 Å². The SMILES string of the molecule is N#CCCOc1cccc(Cl)c1F. The number of rotatable bonds is 3. The van der Waals surface area contributed by atoms with Gasteiger partial charge in [-0.1, -0.05) is 17.7 Å². The summed E-state index contributed by atoms with van der Waals surface area (Å²) in [6.07, 6.45) is 0.228. The average Bonchev–Trinajstić information content (AvgIpc) is 2.13. The molecule has 1 aromatic rings. The first-order valence-corrected chi connectivity index (χ1v) is 4.07. The number of nitrogens with zero attached hydrogens (tertiary/aromatic N) is 1. The Morgan fingerprint density at radius 2 is 2.31 bits per heavy atom. The molecule has 1 rings (SSSR count). The maximum Gasteiger partial charge on any atom is 0.183 e. The Bertz CT molecular complexity index is 335. The highest BCUT2D eigenvalue weighted by molar-refractivity contribution is 6.30. The van der Waals surface area contributed by atoms with Gasteiger partial charge in [0.1, 0.15) is 6.61 Å². The second-order valence-electron chi connectivity index (χ2n) is 2.31. The molecule has 0 bridgehead atoms. The molecule has 0 saturated carbocycles. The quantitative estimate of drug-likeness (QED) is 0.702. The normalized spacial score (nSPS) is 9.31. The lowest BCUT2D eigenvalue weighted by Gasteiger charge is -2.04. The van der Waals surface area contributed by atoms with Crippen LogP contribution in [0.4, 0.5) is 4.39 Å². The molecule has 0 amide bonds. The molecular weight excluding hydrogens is 193 g/mol. The summed E-state index contributed by atoms with van der Waals surface area (Å²) in [7, 11) is 0. The van der Waals surface area contributed by atoms with Crippen LogP contribution in [0.25, 0.3) is 0 Å². The molecule has 0 aliphatic heterocycles. The Hall–Kier alpha value is -1.27. The van der Waals surface area contributed by atoms with Crippen LogP contribution < -0.4 is 4.74 Å². The summed E-state index contributed by atoms with van der Waals surface area (Å²) in [6, 6.07) is 6.39. The molecule has 68 valence electrons. The van der Waals surface area contributed by atoms with Crippen molar-refractivity contribution in [2.45, 2.75) is 6.42 Å². The average molecular weight is 200 g/mol. The summed E-state index contributed by atoms with van der Waals surface area (Å²) >= 11 is 5.51. The fourth-order valence-electron chi connectivity index (χ4n) is 0.802. The maximum atomic E-state index is 13.1. The molecule has 0 saturated heterocycles. The van der Waals surface area contributed by atoms with E-state index in [1.165, 1.54) is 12.1 Å². The Balaban J connectivity index is 2.67. The fourth-order valence-corrected chi connectivity index (χ4v) is 0.968. The summed E-state index contributed by atoms with van der Waals surface area (Å²) in [6.45, 7) is 0.174. The van der Waals surface area contributed by atoms with E-state index in [0.717, 1.165) is 0 Å². The fraction of sp³-hybridized carbons (Fsp3) is 0.222. The van der Waals surface area contributed by atoms with Gasteiger partial charge in [0.2, 0.25) is 0 Å². The van der Waals surface area contributed by atoms with Crippen molar-refractivity contribution in [2.24, 2.45) is 0 Å². The van der Waals surface area contributed by atoms with Gasteiger partial charge in [0, 0.05) is 0 Å². The summed E-state index contributed by atoms with van der Waals surface area (Å²) in [5.74, 6) is -0.496. The predicted octanol–water partition coefficient (Wildman–Crippen LogP) is 2.77. The van der Waals surface area contributed by atoms with Gasteiger partial charge in [0.05, 0.1) is 17.5 Å². The predicted molar refractivity (Wildman–Crippen MR) is 47.1 cm³/mol. The lowest BCUT2D eigenvalue weighted by Crippen LogP contribution is -1.97. The van der Waals surface area contributed by atoms with Gasteiger partial charge < -0.3 is 4.74 Å². The van der Waals surface area contributed by atoms with Gasteiger partial charge in [-0.2, -0.15) is 5.26 Å². The van der Waals surface area contributed by atoms with Gasteiger partial charge in [-0.05, 0) is 12.1 Å². The van der Waals surface area contributed by atoms with Crippen LogP contribution in [-0.2, 0) is 0 Å². The molecular formula is C9H7ClFNO. The second kappa shape index (κ2) is 4.68. The highest BCUT2D eigenvalue weighted by Gasteiger charge is 2.06. The van der Waals surface area contributed by atoms with Crippen molar-refractivity contribution in [1.29, 1.82) is 5.26 Å². The van der Waals surface area contributed by atoms with E-state index in [4.69, 9.17) is 21.6 Å². The molecule has 13 heavy (non-hydrogen) atoms. The largest absolute Gasteiger partial charge is 0.489 e. The van der Waals surface area contributed by atoms with Crippen LogP contribution in [0, 0.1) is 17.1 Å². The lowest BCUT2D eigenvalue weighted by molar-refractivity contribution is 0.309. The Labute approximate surface area is 80.5 Å². The van der Waals surface area contributed by atoms with E-state index in [1.54, 1.807) is 6.07 Å². The summed E-state index contributed by atoms with van der Waals surface area (Å²) < 4.78 is 18.1. The minimum atomic E-state index is -0.581. The van der Waals surface area contributed by atoms with E-state index in [2.05, 4.69) is 0 Å². The van der Waals surface area contributed by atoms with E-state index in [0.29, 0.717) is 0 Å². The molecule has 0 N–H and O–H groups in total. The van der Waals surface area contributed by atoms with Crippen molar-refractivity contribution in [3.8, 4) is 11.8 Å². The second-order valence-corrected chi connectivity index (χ2v) is 2.72. The van der Waals surface area contributed by atoms with Crippen LogP contribution >= 0.6 is 11.6 Å². The molecule has 4 heteroatoms. The standard InChI is InChI=1S/C9H7ClFNO/c10-7-3-1-4-8(9(7)11)13-6-2-5-12/h1,3-4H,2,6H2.